The molecule has 0 radical (unpaired) electrons. The summed E-state index contributed by atoms with van der Waals surface area (Å²) in [4.78, 5) is 4.06. The summed E-state index contributed by atoms with van der Waals surface area (Å²) < 4.78 is 18.3. The topological polar surface area (TPSA) is 99.6 Å². The molecule has 0 fully saturated rings. The summed E-state index contributed by atoms with van der Waals surface area (Å²) >= 11 is 0. The van der Waals surface area contributed by atoms with Crippen LogP contribution in [0.3, 0.4) is 0 Å². The van der Waals surface area contributed by atoms with E-state index < -0.39 is 11.6 Å². The zero-order valence-corrected chi connectivity index (χ0v) is 10.5. The molecule has 0 saturated carbocycles. The van der Waals surface area contributed by atoms with Crippen LogP contribution in [0.15, 0.2) is 40.9 Å². The van der Waals surface area contributed by atoms with Crippen LogP contribution < -0.4 is 0 Å². The van der Waals surface area contributed by atoms with Crippen molar-refractivity contribution in [1.29, 1.82) is 0 Å². The molecule has 2 aromatic carbocycles. The quantitative estimate of drug-likeness (QED) is 0.670. The highest BCUT2D eigenvalue weighted by Crippen LogP contribution is 2.29. The molecule has 0 aliphatic carbocycles. The first-order valence-corrected chi connectivity index (χ1v) is 5.89. The van der Waals surface area contributed by atoms with Crippen molar-refractivity contribution < 1.29 is 24.2 Å². The maximum absolute atomic E-state index is 13.3. The van der Waals surface area contributed by atoms with E-state index in [0.717, 1.165) is 12.1 Å². The van der Waals surface area contributed by atoms with Gasteiger partial charge in [-0.1, -0.05) is 5.16 Å². The van der Waals surface area contributed by atoms with Crippen LogP contribution in [-0.4, -0.2) is 25.5 Å². The lowest BCUT2D eigenvalue weighted by Crippen LogP contribution is -1.84. The first-order chi connectivity index (χ1) is 10.0. The Labute approximate surface area is 117 Å². The van der Waals surface area contributed by atoms with Crippen LogP contribution in [0.5, 0.6) is 17.2 Å². The second kappa shape index (κ2) is 4.78. The molecule has 7 heteroatoms. The van der Waals surface area contributed by atoms with E-state index >= 15 is 0 Å². The van der Waals surface area contributed by atoms with E-state index in [9.17, 15) is 14.6 Å². The molecular weight excluding hydrogens is 279 g/mol. The van der Waals surface area contributed by atoms with Crippen LogP contribution >= 0.6 is 0 Å². The van der Waals surface area contributed by atoms with E-state index in [4.69, 9.17) is 9.63 Å². The molecule has 6 nitrogen and oxygen atoms in total. The number of nitrogens with zero attached hydrogens (tertiary/aromatic N) is 2. The Morgan fingerprint density at radius 3 is 2.29 bits per heavy atom. The molecule has 0 unspecified atom stereocenters. The number of rotatable bonds is 2. The number of benzene rings is 2. The highest BCUT2D eigenvalue weighted by Gasteiger charge is 2.13. The third kappa shape index (κ3) is 2.48. The van der Waals surface area contributed by atoms with Crippen LogP contribution in [0.25, 0.3) is 22.8 Å². The van der Waals surface area contributed by atoms with Gasteiger partial charge in [-0.05, 0) is 30.3 Å². The molecule has 3 N–H and O–H groups in total. The van der Waals surface area contributed by atoms with Gasteiger partial charge in [0.1, 0.15) is 11.5 Å². The second-order valence-electron chi connectivity index (χ2n) is 4.33. The summed E-state index contributed by atoms with van der Waals surface area (Å²) in [5.74, 6) is -1.40. The van der Waals surface area contributed by atoms with Gasteiger partial charge in [-0.25, -0.2) is 4.39 Å². The highest BCUT2D eigenvalue weighted by molar-refractivity contribution is 5.63. The van der Waals surface area contributed by atoms with Gasteiger partial charge in [0.25, 0.3) is 5.89 Å². The lowest BCUT2D eigenvalue weighted by Gasteiger charge is -1.98. The van der Waals surface area contributed by atoms with Crippen molar-refractivity contribution in [3.8, 4) is 40.1 Å². The van der Waals surface area contributed by atoms with Crippen LogP contribution in [0.2, 0.25) is 0 Å². The molecule has 0 spiro atoms. The molecule has 0 aliphatic rings. The van der Waals surface area contributed by atoms with Gasteiger partial charge in [0.2, 0.25) is 5.82 Å². The number of hydrogen-bond acceptors (Lipinski definition) is 6. The first-order valence-electron chi connectivity index (χ1n) is 5.89. The van der Waals surface area contributed by atoms with Gasteiger partial charge in [0.05, 0.1) is 0 Å². The van der Waals surface area contributed by atoms with Gasteiger partial charge in [-0.15, -0.1) is 0 Å². The lowest BCUT2D eigenvalue weighted by atomic mass is 10.2. The van der Waals surface area contributed by atoms with Crippen molar-refractivity contribution in [2.75, 3.05) is 0 Å². The maximum Gasteiger partial charge on any atom is 0.258 e. The normalized spacial score (nSPS) is 10.7. The summed E-state index contributed by atoms with van der Waals surface area (Å²) in [5.41, 5.74) is 0.648. The highest BCUT2D eigenvalue weighted by atomic mass is 19.1. The van der Waals surface area contributed by atoms with Crippen molar-refractivity contribution >= 4 is 0 Å². The molecule has 0 saturated heterocycles. The minimum Gasteiger partial charge on any atom is -0.508 e. The van der Waals surface area contributed by atoms with Gasteiger partial charge >= 0.3 is 0 Å². The molecule has 3 rings (SSSR count). The zero-order valence-electron chi connectivity index (χ0n) is 10.5. The molecule has 1 heterocycles. The van der Waals surface area contributed by atoms with Crippen molar-refractivity contribution in [3.05, 3.63) is 42.2 Å². The SMILES string of the molecule is Oc1cc(O)cc(-c2nc(-c3ccc(O)c(F)c3)no2)c1. The minimum absolute atomic E-state index is 0.0599. The monoisotopic (exact) mass is 288 g/mol. The Bertz CT molecular complexity index is 796. The third-order valence-corrected chi connectivity index (χ3v) is 2.78. The van der Waals surface area contributed by atoms with Crippen LogP contribution in [0.4, 0.5) is 4.39 Å². The van der Waals surface area contributed by atoms with Gasteiger partial charge in [-0.3, -0.25) is 0 Å². The zero-order chi connectivity index (χ0) is 15.0. The number of phenols is 3. The molecule has 1 aromatic heterocycles. The van der Waals surface area contributed by atoms with Crippen molar-refractivity contribution in [2.45, 2.75) is 0 Å². The summed E-state index contributed by atoms with van der Waals surface area (Å²) in [7, 11) is 0. The van der Waals surface area contributed by atoms with Crippen LogP contribution in [-0.2, 0) is 0 Å². The largest absolute Gasteiger partial charge is 0.508 e. The molecule has 21 heavy (non-hydrogen) atoms. The summed E-state index contributed by atoms with van der Waals surface area (Å²) in [6.45, 7) is 0. The van der Waals surface area contributed by atoms with E-state index in [0.29, 0.717) is 11.1 Å². The Balaban J connectivity index is 2.01. The van der Waals surface area contributed by atoms with E-state index in [1.165, 1.54) is 24.3 Å². The van der Waals surface area contributed by atoms with E-state index in [1.54, 1.807) is 0 Å². The molecule has 3 aromatic rings. The number of aromatic hydroxyl groups is 3. The summed E-state index contributed by atoms with van der Waals surface area (Å²) in [5, 5.41) is 31.7. The van der Waals surface area contributed by atoms with Gasteiger partial charge < -0.3 is 19.8 Å². The average molecular weight is 288 g/mol. The Morgan fingerprint density at radius 1 is 0.905 bits per heavy atom. The molecule has 106 valence electrons. The van der Waals surface area contributed by atoms with Crippen molar-refractivity contribution in [1.82, 2.24) is 10.1 Å². The summed E-state index contributed by atoms with van der Waals surface area (Å²) in [6, 6.07) is 7.54. The van der Waals surface area contributed by atoms with Crippen molar-refractivity contribution in [2.24, 2.45) is 0 Å². The van der Waals surface area contributed by atoms with E-state index in [2.05, 4.69) is 10.1 Å². The predicted octanol–water partition coefficient (Wildman–Crippen LogP) is 2.66. The molecule has 0 aliphatic heterocycles. The molecule has 0 amide bonds. The fourth-order valence-corrected chi connectivity index (χ4v) is 1.82. The third-order valence-electron chi connectivity index (χ3n) is 2.78. The number of phenolic OH excluding ortho intramolecular Hbond substituents is 3. The summed E-state index contributed by atoms with van der Waals surface area (Å²) in [6.07, 6.45) is 0. The lowest BCUT2D eigenvalue weighted by molar-refractivity contribution is 0.427. The fourth-order valence-electron chi connectivity index (χ4n) is 1.82. The Morgan fingerprint density at radius 2 is 1.62 bits per heavy atom. The molecule has 0 bridgehead atoms. The second-order valence-corrected chi connectivity index (χ2v) is 4.33. The minimum atomic E-state index is -0.797. The Kier molecular flexibility index (Phi) is 2.94. The van der Waals surface area contributed by atoms with Gasteiger partial charge in [-0.2, -0.15) is 4.98 Å². The molecular formula is C14H9FN2O4. The number of halogens is 1. The van der Waals surface area contributed by atoms with Crippen LogP contribution in [0, 0.1) is 5.82 Å². The first kappa shape index (κ1) is 12.9. The fraction of sp³-hybridized carbons (Fsp3) is 0. The van der Waals surface area contributed by atoms with Crippen LogP contribution in [0.1, 0.15) is 0 Å². The standard InChI is InChI=1S/C14H9FN2O4/c15-11-5-7(1-2-12(11)20)13-16-14(21-17-13)8-3-9(18)6-10(19)4-8/h1-6,18-20H. The smallest absolute Gasteiger partial charge is 0.258 e. The van der Waals surface area contributed by atoms with Crippen molar-refractivity contribution in [3.63, 3.8) is 0 Å². The average Bonchev–Trinajstić information content (AvgIpc) is 2.90. The Hall–Kier alpha value is -3.09. The van der Waals surface area contributed by atoms with E-state index in [1.807, 2.05) is 0 Å². The number of aromatic nitrogens is 2. The maximum atomic E-state index is 13.3. The van der Waals surface area contributed by atoms with Gasteiger partial charge in [0.15, 0.2) is 11.6 Å². The molecule has 0 atom stereocenters. The predicted molar refractivity (Wildman–Crippen MR) is 70.1 cm³/mol. The van der Waals surface area contributed by atoms with Gasteiger partial charge in [0, 0.05) is 17.2 Å². The van der Waals surface area contributed by atoms with E-state index in [-0.39, 0.29) is 23.2 Å². The number of hydrogen-bond donors (Lipinski definition) is 3.